The van der Waals surface area contributed by atoms with E-state index in [1.807, 2.05) is 37.3 Å². The molecule has 1 saturated carbocycles. The van der Waals surface area contributed by atoms with Gasteiger partial charge >= 0.3 is 0 Å². The number of benzene rings is 3. The second kappa shape index (κ2) is 14.1. The highest BCUT2D eigenvalue weighted by atomic mass is 79.9. The van der Waals surface area contributed by atoms with Crippen LogP contribution >= 0.6 is 15.9 Å². The van der Waals surface area contributed by atoms with E-state index in [-0.39, 0.29) is 23.4 Å². The van der Waals surface area contributed by atoms with Crippen molar-refractivity contribution in [3.8, 4) is 0 Å². The number of hydrogen-bond acceptors (Lipinski definition) is 4. The van der Waals surface area contributed by atoms with E-state index in [2.05, 4.69) is 21.2 Å². The van der Waals surface area contributed by atoms with Crippen molar-refractivity contribution in [3.05, 3.63) is 94.5 Å². The van der Waals surface area contributed by atoms with E-state index in [0.717, 1.165) is 41.1 Å². The molecule has 41 heavy (non-hydrogen) atoms. The fourth-order valence-electron chi connectivity index (χ4n) is 5.14. The summed E-state index contributed by atoms with van der Waals surface area (Å²) in [7, 11) is -4.09. The van der Waals surface area contributed by atoms with Gasteiger partial charge < -0.3 is 10.2 Å². The highest BCUT2D eigenvalue weighted by Gasteiger charge is 2.33. The van der Waals surface area contributed by atoms with Crippen molar-refractivity contribution in [2.45, 2.75) is 69.4 Å². The van der Waals surface area contributed by atoms with Gasteiger partial charge in [-0.1, -0.05) is 89.3 Å². The second-order valence-corrected chi connectivity index (χ2v) is 13.4. The fraction of sp³-hybridized carbons (Fsp3) is 0.375. The van der Waals surface area contributed by atoms with Crippen molar-refractivity contribution in [3.63, 3.8) is 0 Å². The van der Waals surface area contributed by atoms with Crippen LogP contribution in [-0.4, -0.2) is 50.3 Å². The molecule has 1 fully saturated rings. The number of anilines is 1. The summed E-state index contributed by atoms with van der Waals surface area (Å²) in [6, 6.07) is 22.5. The average Bonchev–Trinajstić information content (AvgIpc) is 2.97. The van der Waals surface area contributed by atoms with Crippen molar-refractivity contribution in [1.82, 2.24) is 10.2 Å². The van der Waals surface area contributed by atoms with Gasteiger partial charge in [-0.3, -0.25) is 13.9 Å². The van der Waals surface area contributed by atoms with Crippen molar-refractivity contribution >= 4 is 43.5 Å². The third-order valence-corrected chi connectivity index (χ3v) is 9.87. The molecule has 3 aromatic rings. The number of hydrogen-bond donors (Lipinski definition) is 1. The lowest BCUT2D eigenvalue weighted by molar-refractivity contribution is -0.139. The summed E-state index contributed by atoms with van der Waals surface area (Å²) in [6.07, 6.45) is 5.73. The van der Waals surface area contributed by atoms with Gasteiger partial charge in [0.1, 0.15) is 12.6 Å². The molecule has 1 aliphatic carbocycles. The van der Waals surface area contributed by atoms with Crippen LogP contribution < -0.4 is 9.62 Å². The summed E-state index contributed by atoms with van der Waals surface area (Å²) in [4.78, 5) is 29.0. The van der Waals surface area contributed by atoms with E-state index in [4.69, 9.17) is 0 Å². The fourth-order valence-corrected chi connectivity index (χ4v) is 6.93. The summed E-state index contributed by atoms with van der Waals surface area (Å²) in [6.45, 7) is 3.44. The molecule has 0 saturated heterocycles. The first-order valence-electron chi connectivity index (χ1n) is 14.1. The molecule has 0 spiro atoms. The highest BCUT2D eigenvalue weighted by molar-refractivity contribution is 9.10. The predicted octanol–water partition coefficient (Wildman–Crippen LogP) is 5.86. The molecule has 218 valence electrons. The molecule has 3 aromatic carbocycles. The molecule has 2 amide bonds. The SMILES string of the molecule is Cc1ccc(S(=O)(=O)N(CC(=O)N(CCc2ccccc2)[C@H](C)C(=O)NC2CCCCC2)c2cccc(Br)c2)cc1. The van der Waals surface area contributed by atoms with Gasteiger partial charge in [0.25, 0.3) is 10.0 Å². The van der Waals surface area contributed by atoms with Crippen molar-refractivity contribution < 1.29 is 18.0 Å². The summed E-state index contributed by atoms with van der Waals surface area (Å²) >= 11 is 3.43. The molecule has 0 unspecified atom stereocenters. The zero-order valence-corrected chi connectivity index (χ0v) is 26.0. The lowest BCUT2D eigenvalue weighted by Crippen LogP contribution is -2.53. The molecule has 0 bridgehead atoms. The standard InChI is InChI=1S/C32H38BrN3O4S/c1-24-16-18-30(19-17-24)41(39,40)36(29-15-9-12-27(33)22-29)23-31(37)35(21-20-26-10-5-3-6-11-26)25(2)32(38)34-28-13-7-4-8-14-28/h3,5-6,9-12,15-19,22,25,28H,4,7-8,13-14,20-21,23H2,1-2H3,(H,34,38)/t25-/m1/s1. The summed E-state index contributed by atoms with van der Waals surface area (Å²) in [5.74, 6) is -0.656. The minimum Gasteiger partial charge on any atom is -0.352 e. The Hall–Kier alpha value is -3.17. The Morgan fingerprint density at radius 1 is 0.951 bits per heavy atom. The molecule has 1 atom stereocenters. The first-order chi connectivity index (χ1) is 19.6. The number of rotatable bonds is 11. The van der Waals surface area contributed by atoms with E-state index in [1.54, 1.807) is 55.5 Å². The molecule has 0 aromatic heterocycles. The quantitative estimate of drug-likeness (QED) is 0.285. The maximum Gasteiger partial charge on any atom is 0.264 e. The third kappa shape index (κ3) is 8.20. The van der Waals surface area contributed by atoms with Crippen LogP contribution in [0.1, 0.15) is 50.2 Å². The predicted molar refractivity (Wildman–Crippen MR) is 166 cm³/mol. The number of carbonyl (C=O) groups is 2. The molecule has 0 heterocycles. The Labute approximate surface area is 252 Å². The van der Waals surface area contributed by atoms with E-state index >= 15 is 0 Å². The maximum absolute atomic E-state index is 14.0. The van der Waals surface area contributed by atoms with Crippen LogP contribution in [0.5, 0.6) is 0 Å². The molecular formula is C32H38BrN3O4S. The van der Waals surface area contributed by atoms with E-state index < -0.39 is 28.5 Å². The highest BCUT2D eigenvalue weighted by Crippen LogP contribution is 2.27. The Kier molecular flexibility index (Phi) is 10.6. The molecule has 1 N–H and O–H groups in total. The van der Waals surface area contributed by atoms with Gasteiger partial charge in [0.05, 0.1) is 10.6 Å². The van der Waals surface area contributed by atoms with Crippen molar-refractivity contribution in [2.75, 3.05) is 17.4 Å². The third-order valence-electron chi connectivity index (χ3n) is 7.59. The second-order valence-electron chi connectivity index (χ2n) is 10.6. The summed E-state index contributed by atoms with van der Waals surface area (Å²) < 4.78 is 29.7. The Bertz CT molecular complexity index is 1420. The normalized spacial score (nSPS) is 14.7. The van der Waals surface area contributed by atoms with Crippen LogP contribution in [0.15, 0.2) is 88.2 Å². The number of sulfonamides is 1. The topological polar surface area (TPSA) is 86.8 Å². The number of nitrogens with one attached hydrogen (secondary N) is 1. The average molecular weight is 641 g/mol. The van der Waals surface area contributed by atoms with Gasteiger partial charge in [-0.15, -0.1) is 0 Å². The van der Waals surface area contributed by atoms with Crippen LogP contribution in [0, 0.1) is 6.92 Å². The number of carbonyl (C=O) groups excluding carboxylic acids is 2. The lowest BCUT2D eigenvalue weighted by atomic mass is 9.95. The molecule has 7 nitrogen and oxygen atoms in total. The smallest absolute Gasteiger partial charge is 0.264 e. The first kappa shape index (κ1) is 30.8. The number of aryl methyl sites for hydroxylation is 1. The molecule has 1 aliphatic rings. The van der Waals surface area contributed by atoms with Gasteiger partial charge in [-0.25, -0.2) is 8.42 Å². The minimum atomic E-state index is -4.09. The van der Waals surface area contributed by atoms with Crippen molar-refractivity contribution in [2.24, 2.45) is 0 Å². The molecule has 0 aliphatic heterocycles. The van der Waals surface area contributed by atoms with Gasteiger partial charge in [-0.05, 0) is 69.0 Å². The minimum absolute atomic E-state index is 0.0924. The first-order valence-corrected chi connectivity index (χ1v) is 16.4. The molecular weight excluding hydrogens is 602 g/mol. The van der Waals surface area contributed by atoms with Gasteiger partial charge in [0.15, 0.2) is 0 Å². The Morgan fingerprint density at radius 3 is 2.29 bits per heavy atom. The zero-order chi connectivity index (χ0) is 29.4. The Balaban J connectivity index is 1.63. The van der Waals surface area contributed by atoms with E-state index in [9.17, 15) is 18.0 Å². The number of halogens is 1. The van der Waals surface area contributed by atoms with Gasteiger partial charge in [-0.2, -0.15) is 0 Å². The maximum atomic E-state index is 14.0. The lowest BCUT2D eigenvalue weighted by Gasteiger charge is -2.33. The number of amides is 2. The Morgan fingerprint density at radius 2 is 1.63 bits per heavy atom. The van der Waals surface area contributed by atoms with Crippen LogP contribution in [0.25, 0.3) is 0 Å². The number of nitrogens with zero attached hydrogens (tertiary/aromatic N) is 2. The molecule has 0 radical (unpaired) electrons. The molecule has 9 heteroatoms. The molecule has 4 rings (SSSR count). The van der Waals surface area contributed by atoms with E-state index in [1.165, 1.54) is 11.3 Å². The van der Waals surface area contributed by atoms with E-state index in [0.29, 0.717) is 16.6 Å². The monoisotopic (exact) mass is 639 g/mol. The summed E-state index contributed by atoms with van der Waals surface area (Å²) in [5.41, 5.74) is 2.32. The van der Waals surface area contributed by atoms with Crippen LogP contribution in [0.2, 0.25) is 0 Å². The zero-order valence-electron chi connectivity index (χ0n) is 23.6. The largest absolute Gasteiger partial charge is 0.352 e. The van der Waals surface area contributed by atoms with Gasteiger partial charge in [0.2, 0.25) is 11.8 Å². The van der Waals surface area contributed by atoms with Crippen molar-refractivity contribution in [1.29, 1.82) is 0 Å². The van der Waals surface area contributed by atoms with Crippen LogP contribution in [0.4, 0.5) is 5.69 Å². The summed E-state index contributed by atoms with van der Waals surface area (Å²) in [5, 5.41) is 3.14. The van der Waals surface area contributed by atoms with Gasteiger partial charge in [0, 0.05) is 17.1 Å². The van der Waals surface area contributed by atoms with Crippen LogP contribution in [-0.2, 0) is 26.0 Å². The van der Waals surface area contributed by atoms with Crippen LogP contribution in [0.3, 0.4) is 0 Å².